The van der Waals surface area contributed by atoms with Crippen molar-refractivity contribution >= 4 is 60.6 Å². The van der Waals surface area contributed by atoms with Crippen LogP contribution in [0.4, 0.5) is 0 Å². The SMILES string of the molecule is CCOC(=O)[C@H]1NP(=O)(CCN(C/C(C)=C/Cc2c(CC)c(C)c3c(c2OCCSI)C(=O)OC3)S(C)=O)Oc2ccccc21. The molecule has 0 saturated carbocycles. The van der Waals surface area contributed by atoms with Crippen LogP contribution in [0.1, 0.15) is 65.0 Å². The molecule has 246 valence electrons. The zero-order valence-electron chi connectivity index (χ0n) is 26.2. The number of halogens is 1. The molecule has 45 heavy (non-hydrogen) atoms. The standard InChI is InChI=1S/C31H40IN2O8PS2/c1-6-22-21(4)25-19-41-30(35)27(25)29(40-15-17-44-32)23(22)13-12-20(3)18-34(45(5)38)14-16-43(37)33-28(31(36)39-7-2)24-10-8-9-11-26(24)42-43/h8-12,28H,6-7,13-19H2,1-5H3,(H,33,37)/b20-12+/t28-,43?,45?/m0/s1. The van der Waals surface area contributed by atoms with Gasteiger partial charge in [-0.05, 0) is 72.0 Å². The van der Waals surface area contributed by atoms with E-state index in [1.165, 1.54) is 0 Å². The van der Waals surface area contributed by atoms with Crippen molar-refractivity contribution in [3.8, 4) is 11.5 Å². The topological polar surface area (TPSA) is 120 Å². The summed E-state index contributed by atoms with van der Waals surface area (Å²) < 4.78 is 51.1. The third-order valence-corrected chi connectivity index (χ3v) is 12.4. The van der Waals surface area contributed by atoms with E-state index in [0.717, 1.165) is 40.0 Å². The molecular weight excluding hydrogens is 750 g/mol. The summed E-state index contributed by atoms with van der Waals surface area (Å²) in [7, 11) is -3.27. The molecule has 14 heteroatoms. The van der Waals surface area contributed by atoms with Crippen LogP contribution in [0.25, 0.3) is 0 Å². The molecule has 0 bridgehead atoms. The highest BCUT2D eigenvalue weighted by atomic mass is 127. The number of cyclic esters (lactones) is 1. The lowest BCUT2D eigenvalue weighted by molar-refractivity contribution is -0.145. The lowest BCUT2D eigenvalue weighted by atomic mass is 9.89. The van der Waals surface area contributed by atoms with Crippen LogP contribution >= 0.6 is 37.7 Å². The van der Waals surface area contributed by atoms with E-state index in [-0.39, 0.29) is 31.9 Å². The summed E-state index contributed by atoms with van der Waals surface area (Å²) >= 11 is 2.23. The molecule has 2 unspecified atom stereocenters. The van der Waals surface area contributed by atoms with Gasteiger partial charge in [-0.25, -0.2) is 23.2 Å². The molecule has 2 aromatic carbocycles. The van der Waals surface area contributed by atoms with Gasteiger partial charge in [-0.1, -0.05) is 45.7 Å². The molecule has 10 nitrogen and oxygen atoms in total. The largest absolute Gasteiger partial charge is 0.491 e. The predicted octanol–water partition coefficient (Wildman–Crippen LogP) is 6.25. The maximum atomic E-state index is 13.9. The maximum absolute atomic E-state index is 13.9. The van der Waals surface area contributed by atoms with Gasteiger partial charge in [-0.2, -0.15) is 0 Å². The van der Waals surface area contributed by atoms with Gasteiger partial charge >= 0.3 is 19.5 Å². The summed E-state index contributed by atoms with van der Waals surface area (Å²) in [6.45, 7) is 9.26. The van der Waals surface area contributed by atoms with Crippen molar-refractivity contribution in [2.45, 2.75) is 53.2 Å². The van der Waals surface area contributed by atoms with Gasteiger partial charge in [-0.3, -0.25) is 4.57 Å². The molecule has 2 aliphatic rings. The van der Waals surface area contributed by atoms with Crippen LogP contribution in [0.5, 0.6) is 11.5 Å². The molecule has 0 aliphatic carbocycles. The normalized spacial score (nSPS) is 19.8. The highest BCUT2D eigenvalue weighted by Crippen LogP contribution is 2.51. The summed E-state index contributed by atoms with van der Waals surface area (Å²) in [5.74, 6) is 0.855. The van der Waals surface area contributed by atoms with Crippen LogP contribution in [0.3, 0.4) is 0 Å². The van der Waals surface area contributed by atoms with Gasteiger partial charge in [0.1, 0.15) is 29.7 Å². The van der Waals surface area contributed by atoms with Gasteiger partial charge in [0.2, 0.25) is 0 Å². The van der Waals surface area contributed by atoms with Crippen LogP contribution in [-0.4, -0.2) is 64.9 Å². The highest BCUT2D eigenvalue weighted by molar-refractivity contribution is 14.2. The Morgan fingerprint density at radius 2 is 2.04 bits per heavy atom. The van der Waals surface area contributed by atoms with E-state index in [1.54, 1.807) is 50.7 Å². The first-order chi connectivity index (χ1) is 21.5. The number of ether oxygens (including phenoxy) is 3. The van der Waals surface area contributed by atoms with E-state index in [4.69, 9.17) is 18.7 Å². The van der Waals surface area contributed by atoms with Gasteiger partial charge in [0, 0.05) is 41.8 Å². The van der Waals surface area contributed by atoms with Crippen molar-refractivity contribution in [1.29, 1.82) is 0 Å². The van der Waals surface area contributed by atoms with Crippen molar-refractivity contribution in [1.82, 2.24) is 9.39 Å². The summed E-state index contributed by atoms with van der Waals surface area (Å²) in [6, 6.07) is 6.04. The molecule has 3 atom stereocenters. The van der Waals surface area contributed by atoms with E-state index in [9.17, 15) is 18.4 Å². The van der Waals surface area contributed by atoms with E-state index in [0.29, 0.717) is 42.2 Å². The smallest absolute Gasteiger partial charge is 0.342 e. The van der Waals surface area contributed by atoms with Crippen molar-refractivity contribution in [3.63, 3.8) is 0 Å². The Hall–Kier alpha value is -1.90. The minimum Gasteiger partial charge on any atom is -0.491 e. The fourth-order valence-electron chi connectivity index (χ4n) is 5.59. The molecule has 0 amide bonds. The molecule has 0 radical (unpaired) electrons. The molecule has 1 N–H and O–H groups in total. The zero-order chi connectivity index (χ0) is 32.7. The second kappa shape index (κ2) is 16.3. The Bertz CT molecular complexity index is 1540. The molecule has 2 aliphatic heterocycles. The Labute approximate surface area is 284 Å². The van der Waals surface area contributed by atoms with E-state index in [1.807, 2.05) is 13.8 Å². The zero-order valence-corrected chi connectivity index (χ0v) is 30.9. The van der Waals surface area contributed by atoms with Crippen molar-refractivity contribution in [2.75, 3.05) is 44.5 Å². The summed E-state index contributed by atoms with van der Waals surface area (Å²) in [5, 5.41) is 2.90. The van der Waals surface area contributed by atoms with E-state index < -0.39 is 30.5 Å². The Morgan fingerprint density at radius 1 is 1.29 bits per heavy atom. The van der Waals surface area contributed by atoms with Gasteiger partial charge in [0.25, 0.3) is 0 Å². The average Bonchev–Trinajstić information content (AvgIpc) is 3.40. The number of esters is 2. The quantitative estimate of drug-likeness (QED) is 0.0729. The number of hydrogen-bond donors (Lipinski definition) is 1. The van der Waals surface area contributed by atoms with Crippen LogP contribution in [0, 0.1) is 6.92 Å². The lowest BCUT2D eigenvalue weighted by Crippen LogP contribution is -2.37. The van der Waals surface area contributed by atoms with Crippen molar-refractivity contribution in [3.05, 3.63) is 69.3 Å². The fraction of sp³-hybridized carbons (Fsp3) is 0.484. The number of carbonyl (C=O) groups excluding carboxylic acids is 2. The van der Waals surface area contributed by atoms with E-state index >= 15 is 0 Å². The third kappa shape index (κ3) is 8.53. The number of carbonyl (C=O) groups is 2. The first kappa shape index (κ1) is 35.9. The van der Waals surface area contributed by atoms with Gasteiger partial charge < -0.3 is 18.7 Å². The summed E-state index contributed by atoms with van der Waals surface area (Å²) in [6.07, 6.45) is 4.97. The number of allylic oxidation sites excluding steroid dienone is 1. The van der Waals surface area contributed by atoms with Crippen LogP contribution in [0.15, 0.2) is 35.9 Å². The van der Waals surface area contributed by atoms with Crippen LogP contribution < -0.4 is 14.3 Å². The average molecular weight is 791 g/mol. The Balaban J connectivity index is 1.52. The Morgan fingerprint density at radius 3 is 2.73 bits per heavy atom. The van der Waals surface area contributed by atoms with Crippen LogP contribution in [-0.2, 0) is 49.3 Å². The van der Waals surface area contributed by atoms with Gasteiger partial charge in [-0.15, -0.1) is 0 Å². The number of rotatable bonds is 15. The first-order valence-corrected chi connectivity index (χ1v) is 21.7. The predicted molar refractivity (Wildman–Crippen MR) is 187 cm³/mol. The number of nitrogens with zero attached hydrogens (tertiary/aromatic N) is 1. The molecule has 0 aromatic heterocycles. The molecule has 0 fully saturated rings. The van der Waals surface area contributed by atoms with Gasteiger partial charge in [0.15, 0.2) is 0 Å². The summed E-state index contributed by atoms with van der Waals surface area (Å²) in [5.41, 5.74) is 6.09. The minimum atomic E-state index is -3.54. The summed E-state index contributed by atoms with van der Waals surface area (Å²) in [4.78, 5) is 25.4. The number of fused-ring (bicyclic) bond motifs is 2. The second-order valence-corrected chi connectivity index (χ2v) is 16.8. The highest BCUT2D eigenvalue weighted by Gasteiger charge is 2.40. The molecule has 0 spiro atoms. The monoisotopic (exact) mass is 790 g/mol. The van der Waals surface area contributed by atoms with Gasteiger partial charge in [0.05, 0.1) is 30.4 Å². The lowest BCUT2D eigenvalue weighted by Gasteiger charge is -2.33. The number of para-hydroxylation sites is 1. The first-order valence-electron chi connectivity index (χ1n) is 14.8. The number of benzene rings is 2. The molecule has 0 saturated heterocycles. The third-order valence-electron chi connectivity index (χ3n) is 7.80. The molecule has 4 rings (SSSR count). The fourth-order valence-corrected chi connectivity index (χ4v) is 9.04. The number of hydrogen-bond acceptors (Lipinski definition) is 9. The number of nitrogens with one attached hydrogen (secondary N) is 1. The van der Waals surface area contributed by atoms with Crippen molar-refractivity contribution in [2.24, 2.45) is 0 Å². The van der Waals surface area contributed by atoms with Crippen LogP contribution in [0.2, 0.25) is 0 Å². The molecular formula is C31H40IN2O8PS2. The minimum absolute atomic E-state index is 0.0308. The Kier molecular flexibility index (Phi) is 13.0. The maximum Gasteiger partial charge on any atom is 0.342 e. The second-order valence-electron chi connectivity index (χ2n) is 10.7. The molecule has 2 aromatic rings. The van der Waals surface area contributed by atoms with Crippen molar-refractivity contribution < 1.29 is 37.1 Å². The van der Waals surface area contributed by atoms with E-state index in [2.05, 4.69) is 39.3 Å². The molecule has 2 heterocycles.